The summed E-state index contributed by atoms with van der Waals surface area (Å²) in [6, 6.07) is 5.31. The Balaban J connectivity index is 1.83. The summed E-state index contributed by atoms with van der Waals surface area (Å²) in [4.78, 5) is 2.37. The number of benzene rings is 1. The van der Waals surface area contributed by atoms with Crippen molar-refractivity contribution in [3.05, 3.63) is 23.8 Å². The normalized spacial score (nSPS) is 22.8. The van der Waals surface area contributed by atoms with Gasteiger partial charge in [0, 0.05) is 32.2 Å². The lowest BCUT2D eigenvalue weighted by molar-refractivity contribution is -0.286. The molecule has 2 aliphatic rings. The van der Waals surface area contributed by atoms with Gasteiger partial charge in [-0.15, -0.1) is 8.78 Å². The van der Waals surface area contributed by atoms with E-state index in [2.05, 4.69) is 26.6 Å². The second-order valence-corrected chi connectivity index (χ2v) is 5.08. The predicted octanol–water partition coefficient (Wildman–Crippen LogP) is 2.36. The van der Waals surface area contributed by atoms with Gasteiger partial charge in [0.25, 0.3) is 0 Å². The predicted molar refractivity (Wildman–Crippen MR) is 70.1 cm³/mol. The Hall–Kier alpha value is -1.40. The summed E-state index contributed by atoms with van der Waals surface area (Å²) in [6.07, 6.45) is -2.62. The van der Waals surface area contributed by atoms with Crippen LogP contribution in [0.1, 0.15) is 24.9 Å². The summed E-state index contributed by atoms with van der Waals surface area (Å²) < 4.78 is 35.0. The molecule has 0 aromatic heterocycles. The average Bonchev–Trinajstić information content (AvgIpc) is 2.74. The molecule has 0 aliphatic carbocycles. The molecule has 1 saturated heterocycles. The Bertz CT molecular complexity index is 490. The molecule has 4 nitrogen and oxygen atoms in total. The van der Waals surface area contributed by atoms with Gasteiger partial charge in [-0.05, 0) is 24.1 Å². The van der Waals surface area contributed by atoms with Crippen LogP contribution < -0.4 is 14.8 Å². The number of hydrogen-bond donors (Lipinski definition) is 1. The fourth-order valence-electron chi connectivity index (χ4n) is 2.87. The van der Waals surface area contributed by atoms with Crippen molar-refractivity contribution >= 4 is 0 Å². The van der Waals surface area contributed by atoms with Crippen molar-refractivity contribution < 1.29 is 18.3 Å². The van der Waals surface area contributed by atoms with E-state index in [1.54, 1.807) is 12.1 Å². The number of rotatable bonds is 3. The number of piperazine rings is 1. The lowest BCUT2D eigenvalue weighted by Gasteiger charge is -2.34. The summed E-state index contributed by atoms with van der Waals surface area (Å²) in [5.74, 6) is 0.231. The van der Waals surface area contributed by atoms with Gasteiger partial charge in [0.05, 0.1) is 0 Å². The molecule has 110 valence electrons. The van der Waals surface area contributed by atoms with Crippen LogP contribution in [0.5, 0.6) is 11.5 Å². The molecular formula is C14H18F2N2O2. The fraction of sp³-hybridized carbons (Fsp3) is 0.571. The minimum absolute atomic E-state index is 0.105. The van der Waals surface area contributed by atoms with Crippen molar-refractivity contribution in [2.75, 3.05) is 26.2 Å². The van der Waals surface area contributed by atoms with Crippen molar-refractivity contribution in [1.29, 1.82) is 0 Å². The van der Waals surface area contributed by atoms with Gasteiger partial charge >= 0.3 is 6.29 Å². The Morgan fingerprint density at radius 2 is 1.95 bits per heavy atom. The molecule has 1 N–H and O–H groups in total. The Morgan fingerprint density at radius 3 is 2.65 bits per heavy atom. The highest BCUT2D eigenvalue weighted by atomic mass is 19.3. The van der Waals surface area contributed by atoms with Crippen LogP contribution in [0.2, 0.25) is 0 Å². The van der Waals surface area contributed by atoms with Gasteiger partial charge in [-0.3, -0.25) is 4.90 Å². The van der Waals surface area contributed by atoms with Crippen LogP contribution in [0.4, 0.5) is 8.78 Å². The van der Waals surface area contributed by atoms with E-state index in [1.807, 2.05) is 6.07 Å². The minimum Gasteiger partial charge on any atom is -0.395 e. The van der Waals surface area contributed by atoms with E-state index in [9.17, 15) is 8.78 Å². The molecule has 6 heteroatoms. The van der Waals surface area contributed by atoms with E-state index in [-0.39, 0.29) is 17.5 Å². The van der Waals surface area contributed by atoms with Crippen molar-refractivity contribution in [3.63, 3.8) is 0 Å². The van der Waals surface area contributed by atoms with Crippen LogP contribution in [-0.2, 0) is 0 Å². The first kappa shape index (κ1) is 13.6. The maximum atomic E-state index is 13.0. The Morgan fingerprint density at radius 1 is 1.25 bits per heavy atom. The zero-order valence-corrected chi connectivity index (χ0v) is 11.4. The van der Waals surface area contributed by atoms with Gasteiger partial charge in [0.2, 0.25) is 0 Å². The molecule has 0 radical (unpaired) electrons. The maximum Gasteiger partial charge on any atom is 0.586 e. The third-order valence-corrected chi connectivity index (χ3v) is 3.79. The van der Waals surface area contributed by atoms with E-state index in [0.29, 0.717) is 0 Å². The SMILES string of the molecule is CC[C@@H](c1ccc2c(c1)OC(F)(F)O2)N1CCNCC1. The van der Waals surface area contributed by atoms with Gasteiger partial charge in [-0.25, -0.2) is 0 Å². The van der Waals surface area contributed by atoms with E-state index in [1.165, 1.54) is 0 Å². The van der Waals surface area contributed by atoms with Crippen LogP contribution in [0.15, 0.2) is 18.2 Å². The quantitative estimate of drug-likeness (QED) is 0.924. The molecule has 1 aromatic carbocycles. The summed E-state index contributed by atoms with van der Waals surface area (Å²) >= 11 is 0. The summed E-state index contributed by atoms with van der Waals surface area (Å²) in [5, 5.41) is 3.31. The second-order valence-electron chi connectivity index (χ2n) is 5.08. The van der Waals surface area contributed by atoms with Crippen molar-refractivity contribution in [2.45, 2.75) is 25.7 Å². The molecule has 0 saturated carbocycles. The van der Waals surface area contributed by atoms with E-state index >= 15 is 0 Å². The number of alkyl halides is 2. The molecule has 2 aliphatic heterocycles. The largest absolute Gasteiger partial charge is 0.586 e. The molecule has 1 aromatic rings. The Kier molecular flexibility index (Phi) is 3.52. The fourth-order valence-corrected chi connectivity index (χ4v) is 2.87. The molecule has 1 atom stereocenters. The van der Waals surface area contributed by atoms with Crippen LogP contribution in [0, 0.1) is 0 Å². The molecule has 0 spiro atoms. The molecule has 3 rings (SSSR count). The maximum absolute atomic E-state index is 13.0. The van der Waals surface area contributed by atoms with Crippen LogP contribution in [0.3, 0.4) is 0 Å². The van der Waals surface area contributed by atoms with Crippen molar-refractivity contribution in [3.8, 4) is 11.5 Å². The number of nitrogens with one attached hydrogen (secondary N) is 1. The molecule has 1 fully saturated rings. The number of ether oxygens (including phenoxy) is 2. The van der Waals surface area contributed by atoms with E-state index < -0.39 is 6.29 Å². The lowest BCUT2D eigenvalue weighted by Crippen LogP contribution is -2.45. The molecule has 0 amide bonds. The second kappa shape index (κ2) is 5.18. The van der Waals surface area contributed by atoms with Crippen LogP contribution in [-0.4, -0.2) is 37.4 Å². The van der Waals surface area contributed by atoms with Gasteiger partial charge in [-0.2, -0.15) is 0 Å². The first-order valence-corrected chi connectivity index (χ1v) is 6.93. The molecule has 20 heavy (non-hydrogen) atoms. The number of fused-ring (bicyclic) bond motifs is 1. The van der Waals surface area contributed by atoms with Gasteiger partial charge < -0.3 is 14.8 Å². The standard InChI is InChI=1S/C14H18F2N2O2/c1-2-11(18-7-5-17-6-8-18)10-3-4-12-13(9-10)20-14(15,16)19-12/h3-4,9,11,17H,2,5-8H2,1H3/t11-/m0/s1. The topological polar surface area (TPSA) is 33.7 Å². The molecule has 2 heterocycles. The zero-order chi connectivity index (χ0) is 14.2. The monoisotopic (exact) mass is 284 g/mol. The number of halogens is 2. The molecule has 0 bridgehead atoms. The number of nitrogens with zero attached hydrogens (tertiary/aromatic N) is 1. The summed E-state index contributed by atoms with van der Waals surface area (Å²) in [6.45, 7) is 5.94. The highest BCUT2D eigenvalue weighted by Gasteiger charge is 2.43. The Labute approximate surface area is 116 Å². The van der Waals surface area contributed by atoms with Gasteiger partial charge in [0.1, 0.15) is 0 Å². The van der Waals surface area contributed by atoms with Crippen LogP contribution in [0.25, 0.3) is 0 Å². The van der Waals surface area contributed by atoms with Gasteiger partial charge in [0.15, 0.2) is 11.5 Å². The number of hydrogen-bond acceptors (Lipinski definition) is 4. The molecule has 0 unspecified atom stereocenters. The minimum atomic E-state index is -3.54. The van der Waals surface area contributed by atoms with E-state index in [0.717, 1.165) is 38.2 Å². The summed E-state index contributed by atoms with van der Waals surface area (Å²) in [7, 11) is 0. The van der Waals surface area contributed by atoms with Gasteiger partial charge in [-0.1, -0.05) is 13.0 Å². The highest BCUT2D eigenvalue weighted by Crippen LogP contribution is 2.42. The third-order valence-electron chi connectivity index (χ3n) is 3.79. The van der Waals surface area contributed by atoms with Crippen molar-refractivity contribution in [1.82, 2.24) is 10.2 Å². The summed E-state index contributed by atoms with van der Waals surface area (Å²) in [5.41, 5.74) is 0.995. The first-order valence-electron chi connectivity index (χ1n) is 6.93. The average molecular weight is 284 g/mol. The first-order chi connectivity index (χ1) is 9.59. The lowest BCUT2D eigenvalue weighted by atomic mass is 10.0. The highest BCUT2D eigenvalue weighted by molar-refractivity contribution is 5.46. The zero-order valence-electron chi connectivity index (χ0n) is 11.4. The van der Waals surface area contributed by atoms with Crippen LogP contribution >= 0.6 is 0 Å². The molecular weight excluding hydrogens is 266 g/mol. The van der Waals surface area contributed by atoms with E-state index in [4.69, 9.17) is 0 Å². The third kappa shape index (κ3) is 2.58. The smallest absolute Gasteiger partial charge is 0.395 e. The van der Waals surface area contributed by atoms with Crippen molar-refractivity contribution in [2.24, 2.45) is 0 Å².